The van der Waals surface area contributed by atoms with Crippen LogP contribution < -0.4 is 10.2 Å². The first-order valence-corrected chi connectivity index (χ1v) is 11.5. The highest BCUT2D eigenvalue weighted by atomic mass is 32.2. The molecule has 0 saturated carbocycles. The Morgan fingerprint density at radius 1 is 1.16 bits per heavy atom. The summed E-state index contributed by atoms with van der Waals surface area (Å²) in [5, 5.41) is 9.12. The lowest BCUT2D eigenvalue weighted by Crippen LogP contribution is -2.63. The van der Waals surface area contributed by atoms with E-state index in [0.29, 0.717) is 18.9 Å². The first-order chi connectivity index (χ1) is 14.6. The SMILES string of the molecule is Cc1ccc(C)c(COc2ccc(S(=O)(=O)N3CCN(C)C(C)C3C(=O)NO)cc2)c1. The molecule has 168 valence electrons. The van der Waals surface area contributed by atoms with Gasteiger partial charge in [0.05, 0.1) is 4.90 Å². The van der Waals surface area contributed by atoms with Crippen LogP contribution in [0.4, 0.5) is 0 Å². The Balaban J connectivity index is 1.78. The molecule has 0 aromatic heterocycles. The summed E-state index contributed by atoms with van der Waals surface area (Å²) in [5.41, 5.74) is 4.94. The summed E-state index contributed by atoms with van der Waals surface area (Å²) in [5.74, 6) is -0.202. The smallest absolute Gasteiger partial charge is 0.263 e. The monoisotopic (exact) mass is 447 g/mol. The van der Waals surface area contributed by atoms with E-state index >= 15 is 0 Å². The fraction of sp³-hybridized carbons (Fsp3) is 0.409. The summed E-state index contributed by atoms with van der Waals surface area (Å²) in [4.78, 5) is 14.2. The maximum atomic E-state index is 13.2. The number of likely N-dealkylation sites (N-methyl/N-ethyl adjacent to an activating group) is 1. The van der Waals surface area contributed by atoms with Crippen LogP contribution in [-0.2, 0) is 21.4 Å². The first-order valence-electron chi connectivity index (χ1n) is 10.1. The molecular weight excluding hydrogens is 418 g/mol. The Kier molecular flexibility index (Phi) is 7.00. The van der Waals surface area contributed by atoms with Crippen molar-refractivity contribution < 1.29 is 23.2 Å². The number of rotatable bonds is 6. The van der Waals surface area contributed by atoms with Crippen molar-refractivity contribution in [2.75, 3.05) is 20.1 Å². The molecule has 0 aliphatic carbocycles. The lowest BCUT2D eigenvalue weighted by atomic mass is 10.1. The minimum absolute atomic E-state index is 0.0686. The number of nitrogens with one attached hydrogen (secondary N) is 1. The molecule has 1 aliphatic heterocycles. The molecule has 31 heavy (non-hydrogen) atoms. The molecule has 0 spiro atoms. The average molecular weight is 448 g/mol. The van der Waals surface area contributed by atoms with E-state index in [2.05, 4.69) is 6.07 Å². The highest BCUT2D eigenvalue weighted by Gasteiger charge is 2.43. The van der Waals surface area contributed by atoms with Crippen LogP contribution in [0.1, 0.15) is 23.6 Å². The third-order valence-electron chi connectivity index (χ3n) is 5.84. The Hall–Kier alpha value is -2.46. The number of hydrogen-bond donors (Lipinski definition) is 2. The summed E-state index contributed by atoms with van der Waals surface area (Å²) in [6.45, 7) is 6.80. The molecule has 2 unspecified atom stereocenters. The number of ether oxygens (including phenoxy) is 1. The zero-order valence-corrected chi connectivity index (χ0v) is 19.0. The molecule has 2 aromatic rings. The van der Waals surface area contributed by atoms with Gasteiger partial charge in [-0.25, -0.2) is 13.9 Å². The van der Waals surface area contributed by atoms with Crippen molar-refractivity contribution in [3.63, 3.8) is 0 Å². The number of hydroxylamine groups is 1. The van der Waals surface area contributed by atoms with Crippen molar-refractivity contribution in [2.24, 2.45) is 0 Å². The van der Waals surface area contributed by atoms with Gasteiger partial charge in [0, 0.05) is 19.1 Å². The number of amides is 1. The number of benzene rings is 2. The van der Waals surface area contributed by atoms with Crippen molar-refractivity contribution in [1.29, 1.82) is 0 Å². The zero-order chi connectivity index (χ0) is 22.8. The molecule has 1 aliphatic rings. The predicted octanol–water partition coefficient (Wildman–Crippen LogP) is 2.08. The van der Waals surface area contributed by atoms with Crippen molar-refractivity contribution in [1.82, 2.24) is 14.7 Å². The quantitative estimate of drug-likeness (QED) is 0.520. The van der Waals surface area contributed by atoms with Crippen molar-refractivity contribution in [2.45, 2.75) is 44.4 Å². The van der Waals surface area contributed by atoms with Crippen LogP contribution >= 0.6 is 0 Å². The molecule has 8 nitrogen and oxygen atoms in total. The highest BCUT2D eigenvalue weighted by Crippen LogP contribution is 2.26. The Morgan fingerprint density at radius 3 is 2.48 bits per heavy atom. The van der Waals surface area contributed by atoms with E-state index < -0.39 is 28.0 Å². The number of hydrogen-bond acceptors (Lipinski definition) is 6. The minimum Gasteiger partial charge on any atom is -0.489 e. The predicted molar refractivity (Wildman–Crippen MR) is 116 cm³/mol. The van der Waals surface area contributed by atoms with E-state index in [0.717, 1.165) is 21.0 Å². The van der Waals surface area contributed by atoms with Gasteiger partial charge in [-0.1, -0.05) is 23.8 Å². The highest BCUT2D eigenvalue weighted by molar-refractivity contribution is 7.89. The van der Waals surface area contributed by atoms with Gasteiger partial charge in [0.2, 0.25) is 10.0 Å². The number of aryl methyl sites for hydroxylation is 2. The molecule has 0 radical (unpaired) electrons. The third kappa shape index (κ3) is 4.90. The van der Waals surface area contributed by atoms with Gasteiger partial charge in [-0.15, -0.1) is 0 Å². The molecular formula is C22H29N3O5S. The first kappa shape index (κ1) is 23.2. The van der Waals surface area contributed by atoms with Crippen LogP contribution in [0.25, 0.3) is 0 Å². The zero-order valence-electron chi connectivity index (χ0n) is 18.2. The van der Waals surface area contributed by atoms with Gasteiger partial charge in [-0.05, 0) is 63.2 Å². The second-order valence-electron chi connectivity index (χ2n) is 7.95. The van der Waals surface area contributed by atoms with E-state index in [9.17, 15) is 13.2 Å². The largest absolute Gasteiger partial charge is 0.489 e. The molecule has 3 rings (SSSR count). The summed E-state index contributed by atoms with van der Waals surface area (Å²) in [6, 6.07) is 10.9. The summed E-state index contributed by atoms with van der Waals surface area (Å²) >= 11 is 0. The van der Waals surface area contributed by atoms with Crippen LogP contribution in [0, 0.1) is 13.8 Å². The van der Waals surface area contributed by atoms with E-state index in [1.54, 1.807) is 24.5 Å². The second kappa shape index (κ2) is 9.35. The number of nitrogens with zero attached hydrogens (tertiary/aromatic N) is 2. The summed E-state index contributed by atoms with van der Waals surface area (Å²) < 4.78 is 33.5. The number of piperazine rings is 1. The molecule has 9 heteroatoms. The summed E-state index contributed by atoms with van der Waals surface area (Å²) in [6.07, 6.45) is 0. The van der Waals surface area contributed by atoms with Crippen LogP contribution in [-0.4, -0.2) is 61.0 Å². The molecule has 2 aromatic carbocycles. The molecule has 1 fully saturated rings. The maximum absolute atomic E-state index is 13.2. The van der Waals surface area contributed by atoms with Gasteiger partial charge in [0.15, 0.2) is 0 Å². The lowest BCUT2D eigenvalue weighted by Gasteiger charge is -2.42. The van der Waals surface area contributed by atoms with Crippen molar-refractivity contribution >= 4 is 15.9 Å². The van der Waals surface area contributed by atoms with Gasteiger partial charge in [-0.3, -0.25) is 10.0 Å². The molecule has 0 bridgehead atoms. The third-order valence-corrected chi connectivity index (χ3v) is 7.74. The number of carbonyl (C=O) groups excluding carboxylic acids is 1. The van der Waals surface area contributed by atoms with Crippen molar-refractivity contribution in [3.8, 4) is 5.75 Å². The summed E-state index contributed by atoms with van der Waals surface area (Å²) in [7, 11) is -2.13. The fourth-order valence-electron chi connectivity index (χ4n) is 3.73. The van der Waals surface area contributed by atoms with E-state index in [1.165, 1.54) is 12.1 Å². The van der Waals surface area contributed by atoms with E-state index in [-0.39, 0.29) is 11.4 Å². The van der Waals surface area contributed by atoms with Crippen LogP contribution in [0.3, 0.4) is 0 Å². The van der Waals surface area contributed by atoms with Gasteiger partial charge in [0.25, 0.3) is 5.91 Å². The number of sulfonamides is 1. The van der Waals surface area contributed by atoms with Gasteiger partial charge in [-0.2, -0.15) is 4.31 Å². The molecule has 1 heterocycles. The molecule has 2 atom stereocenters. The lowest BCUT2D eigenvalue weighted by molar-refractivity contribution is -0.136. The normalized spacial score (nSPS) is 20.4. The Labute approximate surface area is 183 Å². The van der Waals surface area contributed by atoms with E-state index in [1.807, 2.05) is 37.9 Å². The van der Waals surface area contributed by atoms with Gasteiger partial charge >= 0.3 is 0 Å². The minimum atomic E-state index is -3.94. The van der Waals surface area contributed by atoms with Crippen LogP contribution in [0.15, 0.2) is 47.4 Å². The molecule has 1 saturated heterocycles. The van der Waals surface area contributed by atoms with Gasteiger partial charge < -0.3 is 9.64 Å². The Morgan fingerprint density at radius 2 is 1.84 bits per heavy atom. The molecule has 2 N–H and O–H groups in total. The van der Waals surface area contributed by atoms with Gasteiger partial charge in [0.1, 0.15) is 18.4 Å². The van der Waals surface area contributed by atoms with Crippen LogP contribution in [0.5, 0.6) is 5.75 Å². The molecule has 1 amide bonds. The van der Waals surface area contributed by atoms with E-state index in [4.69, 9.17) is 9.94 Å². The fourth-order valence-corrected chi connectivity index (χ4v) is 5.37. The second-order valence-corrected chi connectivity index (χ2v) is 9.84. The standard InChI is InChI=1S/C22H29N3O5S/c1-15-5-6-16(2)18(13-15)14-30-19-7-9-20(10-8-19)31(28,29)25-12-11-24(4)17(3)21(25)22(26)23-27/h5-10,13,17,21,27H,11-12,14H2,1-4H3,(H,23,26). The average Bonchev–Trinajstić information content (AvgIpc) is 2.75. The van der Waals surface area contributed by atoms with Crippen LogP contribution in [0.2, 0.25) is 0 Å². The maximum Gasteiger partial charge on any atom is 0.263 e. The van der Waals surface area contributed by atoms with Crippen molar-refractivity contribution in [3.05, 3.63) is 59.2 Å². The topological polar surface area (TPSA) is 99.2 Å². The number of carbonyl (C=O) groups is 1. The Bertz CT molecular complexity index is 1040.